The number of hydrogen-bond acceptors (Lipinski definition) is 7. The van der Waals surface area contributed by atoms with Gasteiger partial charge in [0, 0.05) is 0 Å². The van der Waals surface area contributed by atoms with Crippen LogP contribution in [-0.4, -0.2) is 21.6 Å². The Morgan fingerprint density at radius 3 is 2.50 bits per heavy atom. The van der Waals surface area contributed by atoms with Gasteiger partial charge in [-0.3, -0.25) is 0 Å². The number of anilines is 1. The minimum absolute atomic E-state index is 0.0274. The number of benzene rings is 1. The fourth-order valence-electron chi connectivity index (χ4n) is 1.46. The van der Waals surface area contributed by atoms with Gasteiger partial charge in [-0.1, -0.05) is 12.1 Å². The third kappa shape index (κ3) is 3.55. The van der Waals surface area contributed by atoms with Gasteiger partial charge in [-0.15, -0.1) is 4.98 Å². The Hall–Kier alpha value is -2.88. The molecule has 2 N–H and O–H groups in total. The van der Waals surface area contributed by atoms with Crippen molar-refractivity contribution in [3.63, 3.8) is 0 Å². The summed E-state index contributed by atoms with van der Waals surface area (Å²) in [5.74, 6) is 0.569. The van der Waals surface area contributed by atoms with Crippen LogP contribution >= 0.6 is 0 Å². The van der Waals surface area contributed by atoms with Crippen molar-refractivity contribution in [2.45, 2.75) is 13.3 Å². The number of rotatable bonds is 5. The molecule has 7 nitrogen and oxygen atoms in total. The maximum atomic E-state index is 8.60. The van der Waals surface area contributed by atoms with Crippen molar-refractivity contribution in [1.29, 1.82) is 5.26 Å². The predicted molar refractivity (Wildman–Crippen MR) is 71.2 cm³/mol. The summed E-state index contributed by atoms with van der Waals surface area (Å²) in [4.78, 5) is 11.7. The zero-order chi connectivity index (χ0) is 14.4. The standard InChI is InChI=1S/C13H13N5O2/c1-2-19-12-16-11(15)17-13(18-12)20-10-5-3-9(4-6-10)7-8-14/h3-6H,2,7H2,1H3,(H2,15,16,17,18). The van der Waals surface area contributed by atoms with E-state index in [1.165, 1.54) is 0 Å². The lowest BCUT2D eigenvalue weighted by molar-refractivity contribution is 0.304. The molecule has 0 atom stereocenters. The quantitative estimate of drug-likeness (QED) is 0.881. The van der Waals surface area contributed by atoms with Gasteiger partial charge >= 0.3 is 12.0 Å². The average molecular weight is 271 g/mol. The molecule has 0 fully saturated rings. The van der Waals surface area contributed by atoms with Crippen LogP contribution in [0.3, 0.4) is 0 Å². The van der Waals surface area contributed by atoms with Gasteiger partial charge in [0.2, 0.25) is 5.95 Å². The number of ether oxygens (including phenoxy) is 2. The summed E-state index contributed by atoms with van der Waals surface area (Å²) < 4.78 is 10.6. The highest BCUT2D eigenvalue weighted by Crippen LogP contribution is 2.20. The molecule has 1 heterocycles. The van der Waals surface area contributed by atoms with Crippen LogP contribution in [0.15, 0.2) is 24.3 Å². The summed E-state index contributed by atoms with van der Waals surface area (Å²) in [6.07, 6.45) is 0.355. The van der Waals surface area contributed by atoms with Crippen molar-refractivity contribution in [3.05, 3.63) is 29.8 Å². The second-order valence-corrected chi connectivity index (χ2v) is 3.77. The van der Waals surface area contributed by atoms with Crippen molar-refractivity contribution in [3.8, 4) is 23.8 Å². The molecule has 1 aromatic heterocycles. The lowest BCUT2D eigenvalue weighted by Crippen LogP contribution is -2.04. The van der Waals surface area contributed by atoms with E-state index in [4.69, 9.17) is 20.5 Å². The molecule has 0 unspecified atom stereocenters. The Morgan fingerprint density at radius 2 is 1.85 bits per heavy atom. The van der Waals surface area contributed by atoms with Crippen molar-refractivity contribution in [1.82, 2.24) is 15.0 Å². The first-order valence-electron chi connectivity index (χ1n) is 5.99. The molecule has 0 saturated heterocycles. The maximum Gasteiger partial charge on any atom is 0.330 e. The molecule has 102 valence electrons. The third-order valence-electron chi connectivity index (χ3n) is 2.30. The van der Waals surface area contributed by atoms with Crippen LogP contribution in [0.25, 0.3) is 0 Å². The smallest absolute Gasteiger partial charge is 0.330 e. The van der Waals surface area contributed by atoms with Gasteiger partial charge in [-0.2, -0.15) is 15.2 Å². The van der Waals surface area contributed by atoms with Crippen LogP contribution in [0, 0.1) is 11.3 Å². The Labute approximate surface area is 116 Å². The average Bonchev–Trinajstić information content (AvgIpc) is 2.41. The van der Waals surface area contributed by atoms with E-state index < -0.39 is 0 Å². The topological polar surface area (TPSA) is 107 Å². The molecule has 20 heavy (non-hydrogen) atoms. The molecular formula is C13H13N5O2. The second kappa shape index (κ2) is 6.33. The summed E-state index contributed by atoms with van der Waals surface area (Å²) in [5.41, 5.74) is 6.46. The Balaban J connectivity index is 2.14. The monoisotopic (exact) mass is 271 g/mol. The maximum absolute atomic E-state index is 8.60. The van der Waals surface area contributed by atoms with Gasteiger partial charge in [-0.25, -0.2) is 0 Å². The third-order valence-corrected chi connectivity index (χ3v) is 2.30. The molecule has 0 aliphatic carbocycles. The Morgan fingerprint density at radius 1 is 1.15 bits per heavy atom. The second-order valence-electron chi connectivity index (χ2n) is 3.77. The van der Waals surface area contributed by atoms with Crippen molar-refractivity contribution < 1.29 is 9.47 Å². The minimum Gasteiger partial charge on any atom is -0.464 e. The van der Waals surface area contributed by atoms with Gasteiger partial charge in [0.1, 0.15) is 5.75 Å². The van der Waals surface area contributed by atoms with Gasteiger partial charge in [0.15, 0.2) is 0 Å². The lowest BCUT2D eigenvalue weighted by Gasteiger charge is -2.06. The van der Waals surface area contributed by atoms with Crippen LogP contribution in [0.4, 0.5) is 5.95 Å². The largest absolute Gasteiger partial charge is 0.464 e. The van der Waals surface area contributed by atoms with E-state index >= 15 is 0 Å². The van der Waals surface area contributed by atoms with Crippen LogP contribution < -0.4 is 15.2 Å². The first-order valence-corrected chi connectivity index (χ1v) is 5.99. The fourth-order valence-corrected chi connectivity index (χ4v) is 1.46. The Kier molecular flexibility index (Phi) is 4.29. The van der Waals surface area contributed by atoms with E-state index in [0.29, 0.717) is 18.8 Å². The Bertz CT molecular complexity index is 622. The predicted octanol–water partition coefficient (Wildman–Crippen LogP) is 1.71. The van der Waals surface area contributed by atoms with Crippen LogP contribution in [-0.2, 0) is 6.42 Å². The van der Waals surface area contributed by atoms with Gasteiger partial charge < -0.3 is 15.2 Å². The van der Waals surface area contributed by atoms with Crippen LogP contribution in [0.2, 0.25) is 0 Å². The van der Waals surface area contributed by atoms with E-state index in [1.54, 1.807) is 24.3 Å². The molecule has 0 amide bonds. The van der Waals surface area contributed by atoms with Crippen molar-refractivity contribution in [2.75, 3.05) is 12.3 Å². The van der Waals surface area contributed by atoms with Gasteiger partial charge in [0.25, 0.3) is 0 Å². The highest BCUT2D eigenvalue weighted by molar-refractivity contribution is 5.31. The molecule has 0 spiro atoms. The number of nitrogen functional groups attached to an aromatic ring is 1. The molecule has 1 aromatic carbocycles. The van der Waals surface area contributed by atoms with Crippen molar-refractivity contribution >= 4 is 5.95 Å². The molecule has 0 aliphatic rings. The van der Waals surface area contributed by atoms with E-state index in [-0.39, 0.29) is 18.0 Å². The first kappa shape index (κ1) is 13.5. The number of aromatic nitrogens is 3. The van der Waals surface area contributed by atoms with Gasteiger partial charge in [-0.05, 0) is 24.6 Å². The number of nitriles is 1. The number of hydrogen-bond donors (Lipinski definition) is 1. The van der Waals surface area contributed by atoms with Gasteiger partial charge in [0.05, 0.1) is 19.1 Å². The normalized spacial score (nSPS) is 9.80. The minimum atomic E-state index is 0.0274. The molecule has 0 bridgehead atoms. The van der Waals surface area contributed by atoms with E-state index in [2.05, 4.69) is 21.0 Å². The molecular weight excluding hydrogens is 258 g/mol. The van der Waals surface area contributed by atoms with Crippen LogP contribution in [0.1, 0.15) is 12.5 Å². The molecule has 0 radical (unpaired) electrons. The van der Waals surface area contributed by atoms with Crippen molar-refractivity contribution in [2.24, 2.45) is 0 Å². The highest BCUT2D eigenvalue weighted by atomic mass is 16.5. The van der Waals surface area contributed by atoms with E-state index in [1.807, 2.05) is 6.92 Å². The zero-order valence-electron chi connectivity index (χ0n) is 10.9. The molecule has 2 rings (SSSR count). The first-order chi connectivity index (χ1) is 9.71. The number of nitrogens with two attached hydrogens (primary N) is 1. The van der Waals surface area contributed by atoms with E-state index in [0.717, 1.165) is 5.56 Å². The summed E-state index contributed by atoms with van der Waals surface area (Å²) in [6.45, 7) is 2.24. The lowest BCUT2D eigenvalue weighted by atomic mass is 10.2. The summed E-state index contributed by atoms with van der Waals surface area (Å²) in [6, 6.07) is 9.32. The SMILES string of the molecule is CCOc1nc(N)nc(Oc2ccc(CC#N)cc2)n1. The summed E-state index contributed by atoms with van der Waals surface area (Å²) in [5, 5.41) is 8.60. The molecule has 2 aromatic rings. The summed E-state index contributed by atoms with van der Waals surface area (Å²) >= 11 is 0. The summed E-state index contributed by atoms with van der Waals surface area (Å²) in [7, 11) is 0. The van der Waals surface area contributed by atoms with E-state index in [9.17, 15) is 0 Å². The van der Waals surface area contributed by atoms with Crippen LogP contribution in [0.5, 0.6) is 17.8 Å². The molecule has 7 heteroatoms. The number of nitrogens with zero attached hydrogens (tertiary/aromatic N) is 4. The highest BCUT2D eigenvalue weighted by Gasteiger charge is 2.07. The zero-order valence-corrected chi connectivity index (χ0v) is 10.9. The fraction of sp³-hybridized carbons (Fsp3) is 0.231. The molecule has 0 saturated carbocycles. The molecule has 0 aliphatic heterocycles.